The summed E-state index contributed by atoms with van der Waals surface area (Å²) < 4.78 is 13.6. The summed E-state index contributed by atoms with van der Waals surface area (Å²) in [6, 6.07) is 4.03. The molecule has 13 heavy (non-hydrogen) atoms. The number of aliphatic hydroxyl groups is 1. The van der Waals surface area contributed by atoms with E-state index in [1.807, 2.05) is 0 Å². The SMILES string of the molecule is N[C@@H](CCO)c1cc(F)ccc1Br. The molecule has 72 valence electrons. The summed E-state index contributed by atoms with van der Waals surface area (Å²) in [6.07, 6.45) is 0.433. The average Bonchev–Trinajstić information content (AvgIpc) is 2.09. The van der Waals surface area contributed by atoms with E-state index in [1.165, 1.54) is 12.1 Å². The van der Waals surface area contributed by atoms with Gasteiger partial charge in [0.25, 0.3) is 0 Å². The maximum atomic E-state index is 12.8. The van der Waals surface area contributed by atoms with Crippen molar-refractivity contribution in [2.75, 3.05) is 6.61 Å². The highest BCUT2D eigenvalue weighted by atomic mass is 79.9. The molecule has 0 aliphatic rings. The number of rotatable bonds is 3. The van der Waals surface area contributed by atoms with Gasteiger partial charge < -0.3 is 10.8 Å². The van der Waals surface area contributed by atoms with Gasteiger partial charge in [-0.15, -0.1) is 0 Å². The van der Waals surface area contributed by atoms with Crippen molar-refractivity contribution in [2.45, 2.75) is 12.5 Å². The molecule has 1 aromatic carbocycles. The molecule has 0 saturated carbocycles. The first-order valence-corrected chi connectivity index (χ1v) is 4.76. The van der Waals surface area contributed by atoms with Gasteiger partial charge in [0, 0.05) is 17.1 Å². The zero-order valence-corrected chi connectivity index (χ0v) is 8.59. The van der Waals surface area contributed by atoms with Crippen LogP contribution in [0.25, 0.3) is 0 Å². The minimum Gasteiger partial charge on any atom is -0.396 e. The highest BCUT2D eigenvalue weighted by Crippen LogP contribution is 2.24. The molecule has 0 aliphatic heterocycles. The van der Waals surface area contributed by atoms with Crippen molar-refractivity contribution in [1.82, 2.24) is 0 Å². The lowest BCUT2D eigenvalue weighted by molar-refractivity contribution is 0.276. The van der Waals surface area contributed by atoms with Crippen LogP contribution in [0.2, 0.25) is 0 Å². The van der Waals surface area contributed by atoms with Gasteiger partial charge in [-0.2, -0.15) is 0 Å². The van der Waals surface area contributed by atoms with E-state index in [-0.39, 0.29) is 18.5 Å². The maximum Gasteiger partial charge on any atom is 0.123 e. The van der Waals surface area contributed by atoms with E-state index < -0.39 is 0 Å². The monoisotopic (exact) mass is 247 g/mol. The number of hydrogen-bond acceptors (Lipinski definition) is 2. The van der Waals surface area contributed by atoms with Crippen molar-refractivity contribution in [3.63, 3.8) is 0 Å². The van der Waals surface area contributed by atoms with Crippen LogP contribution < -0.4 is 5.73 Å². The second-order valence-electron chi connectivity index (χ2n) is 2.78. The number of hydrogen-bond donors (Lipinski definition) is 2. The van der Waals surface area contributed by atoms with Gasteiger partial charge in [-0.1, -0.05) is 15.9 Å². The van der Waals surface area contributed by atoms with Gasteiger partial charge >= 0.3 is 0 Å². The predicted molar refractivity (Wildman–Crippen MR) is 52.7 cm³/mol. The largest absolute Gasteiger partial charge is 0.396 e. The average molecular weight is 248 g/mol. The van der Waals surface area contributed by atoms with Crippen LogP contribution in [0.3, 0.4) is 0 Å². The predicted octanol–water partition coefficient (Wildman–Crippen LogP) is 1.97. The fraction of sp³-hybridized carbons (Fsp3) is 0.333. The van der Waals surface area contributed by atoms with E-state index in [4.69, 9.17) is 10.8 Å². The van der Waals surface area contributed by atoms with Crippen molar-refractivity contribution in [3.8, 4) is 0 Å². The van der Waals surface area contributed by atoms with Crippen LogP contribution in [-0.4, -0.2) is 11.7 Å². The second kappa shape index (κ2) is 4.69. The number of halogens is 2. The van der Waals surface area contributed by atoms with Crippen molar-refractivity contribution in [3.05, 3.63) is 34.1 Å². The first kappa shape index (κ1) is 10.6. The van der Waals surface area contributed by atoms with Gasteiger partial charge in [-0.25, -0.2) is 4.39 Å². The quantitative estimate of drug-likeness (QED) is 0.858. The molecule has 0 radical (unpaired) electrons. The minimum atomic E-state index is -0.324. The molecular formula is C9H11BrFNO. The summed E-state index contributed by atoms with van der Waals surface area (Å²) in [4.78, 5) is 0. The third kappa shape index (κ3) is 2.76. The Bertz CT molecular complexity index is 293. The lowest BCUT2D eigenvalue weighted by atomic mass is 10.1. The topological polar surface area (TPSA) is 46.2 Å². The van der Waals surface area contributed by atoms with E-state index in [0.717, 1.165) is 4.47 Å². The Labute approximate surface area is 84.7 Å². The summed E-state index contributed by atoms with van der Waals surface area (Å²) in [7, 11) is 0. The molecule has 0 aromatic heterocycles. The molecule has 1 rings (SSSR count). The molecule has 0 spiro atoms. The van der Waals surface area contributed by atoms with E-state index in [0.29, 0.717) is 12.0 Å². The molecule has 1 atom stereocenters. The van der Waals surface area contributed by atoms with Crippen LogP contribution in [0, 0.1) is 5.82 Å². The van der Waals surface area contributed by atoms with E-state index >= 15 is 0 Å². The fourth-order valence-corrected chi connectivity index (χ4v) is 1.63. The summed E-state index contributed by atoms with van der Waals surface area (Å²) in [5, 5.41) is 8.67. The molecule has 4 heteroatoms. The van der Waals surface area contributed by atoms with E-state index in [2.05, 4.69) is 15.9 Å². The molecule has 2 nitrogen and oxygen atoms in total. The third-order valence-corrected chi connectivity index (χ3v) is 2.52. The fourth-order valence-electron chi connectivity index (χ4n) is 1.09. The Balaban J connectivity index is 2.91. The number of nitrogens with two attached hydrogens (primary N) is 1. The lowest BCUT2D eigenvalue weighted by Gasteiger charge is -2.12. The molecule has 0 fully saturated rings. The lowest BCUT2D eigenvalue weighted by Crippen LogP contribution is -2.12. The van der Waals surface area contributed by atoms with E-state index in [9.17, 15) is 4.39 Å². The molecule has 0 bridgehead atoms. The van der Waals surface area contributed by atoms with Crippen LogP contribution in [0.1, 0.15) is 18.0 Å². The van der Waals surface area contributed by atoms with Crippen LogP contribution >= 0.6 is 15.9 Å². The minimum absolute atomic E-state index is 0.00409. The highest BCUT2D eigenvalue weighted by Gasteiger charge is 2.09. The van der Waals surface area contributed by atoms with Crippen LogP contribution in [-0.2, 0) is 0 Å². The Morgan fingerprint density at radius 1 is 1.54 bits per heavy atom. The van der Waals surface area contributed by atoms with Gasteiger partial charge in [0.1, 0.15) is 5.82 Å². The molecule has 0 saturated heterocycles. The van der Waals surface area contributed by atoms with E-state index in [1.54, 1.807) is 6.07 Å². The molecular weight excluding hydrogens is 237 g/mol. The van der Waals surface area contributed by atoms with Crippen molar-refractivity contribution < 1.29 is 9.50 Å². The number of aliphatic hydroxyl groups excluding tert-OH is 1. The Morgan fingerprint density at radius 3 is 2.85 bits per heavy atom. The van der Waals surface area contributed by atoms with Crippen molar-refractivity contribution >= 4 is 15.9 Å². The van der Waals surface area contributed by atoms with Crippen LogP contribution in [0.15, 0.2) is 22.7 Å². The zero-order valence-electron chi connectivity index (χ0n) is 7.00. The molecule has 0 unspecified atom stereocenters. The van der Waals surface area contributed by atoms with Gasteiger partial charge in [0.05, 0.1) is 0 Å². The molecule has 0 amide bonds. The van der Waals surface area contributed by atoms with Crippen molar-refractivity contribution in [2.24, 2.45) is 5.73 Å². The Kier molecular flexibility index (Phi) is 3.84. The summed E-state index contributed by atoms with van der Waals surface area (Å²) >= 11 is 3.27. The van der Waals surface area contributed by atoms with Gasteiger partial charge in [-0.05, 0) is 30.2 Å². The molecule has 0 aliphatic carbocycles. The van der Waals surface area contributed by atoms with Gasteiger partial charge in [-0.3, -0.25) is 0 Å². The summed E-state index contributed by atoms with van der Waals surface area (Å²) in [5.41, 5.74) is 6.41. The molecule has 3 N–H and O–H groups in total. The second-order valence-corrected chi connectivity index (χ2v) is 3.64. The smallest absolute Gasteiger partial charge is 0.123 e. The van der Waals surface area contributed by atoms with Crippen LogP contribution in [0.5, 0.6) is 0 Å². The highest BCUT2D eigenvalue weighted by molar-refractivity contribution is 9.10. The first-order valence-electron chi connectivity index (χ1n) is 3.96. The summed E-state index contributed by atoms with van der Waals surface area (Å²) in [5.74, 6) is -0.313. The van der Waals surface area contributed by atoms with Crippen LogP contribution in [0.4, 0.5) is 4.39 Å². The Hall–Kier alpha value is -0.450. The first-order chi connectivity index (χ1) is 6.15. The number of benzene rings is 1. The van der Waals surface area contributed by atoms with Gasteiger partial charge in [0.2, 0.25) is 0 Å². The third-order valence-electron chi connectivity index (χ3n) is 1.80. The van der Waals surface area contributed by atoms with Crippen molar-refractivity contribution in [1.29, 1.82) is 0 Å². The normalized spacial score (nSPS) is 12.9. The molecule has 1 aromatic rings. The Morgan fingerprint density at radius 2 is 2.23 bits per heavy atom. The molecule has 0 heterocycles. The standard InChI is InChI=1S/C9H11BrFNO/c10-8-2-1-6(11)5-7(8)9(12)3-4-13/h1-2,5,9,13H,3-4,12H2/t9-/m0/s1. The summed E-state index contributed by atoms with van der Waals surface area (Å²) in [6.45, 7) is 0.00409. The zero-order chi connectivity index (χ0) is 9.84. The maximum absolute atomic E-state index is 12.8. The van der Waals surface area contributed by atoms with Gasteiger partial charge in [0.15, 0.2) is 0 Å².